The van der Waals surface area contributed by atoms with Crippen LogP contribution in [0.2, 0.25) is 0 Å². The van der Waals surface area contributed by atoms with E-state index in [9.17, 15) is 4.79 Å². The molecule has 0 bridgehead atoms. The Hall–Kier alpha value is -1.68. The zero-order valence-electron chi connectivity index (χ0n) is 9.39. The summed E-state index contributed by atoms with van der Waals surface area (Å²) in [5.74, 6) is -0.838. The fourth-order valence-electron chi connectivity index (χ4n) is 1.45. The molecule has 0 unspecified atom stereocenters. The van der Waals surface area contributed by atoms with Gasteiger partial charge in [0.15, 0.2) is 0 Å². The van der Waals surface area contributed by atoms with Crippen LogP contribution in [0.3, 0.4) is 0 Å². The molecule has 1 aromatic rings. The van der Waals surface area contributed by atoms with Crippen molar-refractivity contribution in [1.29, 1.82) is 0 Å². The molecular weight excluding hydrogens is 204 g/mol. The second-order valence-electron chi connectivity index (χ2n) is 3.62. The molecular formula is C12H16N2O2. The third kappa shape index (κ3) is 3.82. The number of carbonyl (C=O) groups is 1. The summed E-state index contributed by atoms with van der Waals surface area (Å²) in [5.41, 5.74) is 1.98. The number of aromatic nitrogens is 1. The van der Waals surface area contributed by atoms with E-state index in [4.69, 9.17) is 5.11 Å². The zero-order chi connectivity index (χ0) is 12.0. The maximum Gasteiger partial charge on any atom is 0.317 e. The maximum absolute atomic E-state index is 10.7. The van der Waals surface area contributed by atoms with Gasteiger partial charge in [-0.3, -0.25) is 14.7 Å². The molecule has 1 aromatic heterocycles. The lowest BCUT2D eigenvalue weighted by molar-refractivity contribution is -0.138. The number of pyridine rings is 1. The summed E-state index contributed by atoms with van der Waals surface area (Å²) in [7, 11) is 0. The summed E-state index contributed by atoms with van der Waals surface area (Å²) < 4.78 is 0. The number of hydrogen-bond acceptors (Lipinski definition) is 3. The van der Waals surface area contributed by atoms with Gasteiger partial charge in [-0.1, -0.05) is 12.1 Å². The second kappa shape index (κ2) is 6.02. The summed E-state index contributed by atoms with van der Waals surface area (Å²) in [6.45, 7) is 6.66. The van der Waals surface area contributed by atoms with Crippen molar-refractivity contribution in [2.75, 3.05) is 13.1 Å². The minimum atomic E-state index is -0.838. The van der Waals surface area contributed by atoms with Crippen molar-refractivity contribution < 1.29 is 9.90 Å². The van der Waals surface area contributed by atoms with E-state index in [2.05, 4.69) is 11.6 Å². The predicted molar refractivity (Wildman–Crippen MR) is 62.1 cm³/mol. The monoisotopic (exact) mass is 220 g/mol. The van der Waals surface area contributed by atoms with Gasteiger partial charge in [-0.2, -0.15) is 0 Å². The third-order valence-electron chi connectivity index (χ3n) is 2.24. The number of rotatable bonds is 6. The van der Waals surface area contributed by atoms with E-state index in [1.165, 1.54) is 0 Å². The Balaban J connectivity index is 2.71. The van der Waals surface area contributed by atoms with E-state index >= 15 is 0 Å². The summed E-state index contributed by atoms with van der Waals surface area (Å²) in [5, 5.41) is 8.76. The van der Waals surface area contributed by atoms with E-state index in [-0.39, 0.29) is 6.54 Å². The lowest BCUT2D eigenvalue weighted by Crippen LogP contribution is -2.30. The molecule has 0 amide bonds. The van der Waals surface area contributed by atoms with Gasteiger partial charge in [0, 0.05) is 19.3 Å². The molecule has 1 heterocycles. The van der Waals surface area contributed by atoms with Crippen LogP contribution in [-0.4, -0.2) is 34.0 Å². The van der Waals surface area contributed by atoms with Crippen LogP contribution < -0.4 is 0 Å². The Bertz CT molecular complexity index is 377. The molecule has 1 rings (SSSR count). The number of carboxylic acids is 1. The lowest BCUT2D eigenvalue weighted by Gasteiger charge is -2.18. The highest BCUT2D eigenvalue weighted by atomic mass is 16.4. The number of aryl methyl sites for hydroxylation is 1. The highest BCUT2D eigenvalue weighted by Gasteiger charge is 2.10. The molecule has 0 atom stereocenters. The standard InChI is InChI=1S/C12H16N2O2/c1-3-7-14(9-12(15)16)8-11-10(2)5-4-6-13-11/h3-6H,1,7-9H2,2H3,(H,15,16). The van der Waals surface area contributed by atoms with Crippen LogP contribution >= 0.6 is 0 Å². The quantitative estimate of drug-likeness (QED) is 0.737. The van der Waals surface area contributed by atoms with Crippen molar-refractivity contribution in [2.24, 2.45) is 0 Å². The first-order valence-corrected chi connectivity index (χ1v) is 5.09. The van der Waals surface area contributed by atoms with Crippen LogP contribution in [0.4, 0.5) is 0 Å². The lowest BCUT2D eigenvalue weighted by atomic mass is 10.2. The zero-order valence-corrected chi connectivity index (χ0v) is 9.39. The van der Waals surface area contributed by atoms with E-state index in [0.717, 1.165) is 11.3 Å². The van der Waals surface area contributed by atoms with Crippen molar-refractivity contribution >= 4 is 5.97 Å². The third-order valence-corrected chi connectivity index (χ3v) is 2.24. The molecule has 0 aromatic carbocycles. The average Bonchev–Trinajstić information content (AvgIpc) is 2.21. The van der Waals surface area contributed by atoms with Crippen molar-refractivity contribution in [3.8, 4) is 0 Å². The molecule has 0 spiro atoms. The highest BCUT2D eigenvalue weighted by molar-refractivity contribution is 5.69. The SMILES string of the molecule is C=CCN(CC(=O)O)Cc1ncccc1C. The van der Waals surface area contributed by atoms with Crippen molar-refractivity contribution in [2.45, 2.75) is 13.5 Å². The molecule has 4 nitrogen and oxygen atoms in total. The minimum absolute atomic E-state index is 0.00202. The maximum atomic E-state index is 10.7. The molecule has 0 aliphatic carbocycles. The highest BCUT2D eigenvalue weighted by Crippen LogP contribution is 2.07. The molecule has 0 saturated carbocycles. The number of hydrogen-bond donors (Lipinski definition) is 1. The fraction of sp³-hybridized carbons (Fsp3) is 0.333. The van der Waals surface area contributed by atoms with Gasteiger partial charge in [0.25, 0.3) is 0 Å². The van der Waals surface area contributed by atoms with Gasteiger partial charge in [0.1, 0.15) is 0 Å². The summed E-state index contributed by atoms with van der Waals surface area (Å²) >= 11 is 0. The molecule has 0 aliphatic rings. The largest absolute Gasteiger partial charge is 0.480 e. The topological polar surface area (TPSA) is 53.4 Å². The first kappa shape index (κ1) is 12.4. The Morgan fingerprint density at radius 2 is 2.44 bits per heavy atom. The van der Waals surface area contributed by atoms with E-state index in [1.54, 1.807) is 17.2 Å². The molecule has 0 aliphatic heterocycles. The van der Waals surface area contributed by atoms with Gasteiger partial charge >= 0.3 is 5.97 Å². The van der Waals surface area contributed by atoms with Crippen LogP contribution in [0.5, 0.6) is 0 Å². The van der Waals surface area contributed by atoms with Crippen LogP contribution in [0.15, 0.2) is 31.0 Å². The van der Waals surface area contributed by atoms with Crippen LogP contribution in [0, 0.1) is 6.92 Å². The van der Waals surface area contributed by atoms with Crippen molar-refractivity contribution in [1.82, 2.24) is 9.88 Å². The van der Waals surface area contributed by atoms with Gasteiger partial charge in [0.05, 0.1) is 12.2 Å². The first-order valence-electron chi connectivity index (χ1n) is 5.09. The van der Waals surface area contributed by atoms with Gasteiger partial charge in [-0.25, -0.2) is 0 Å². The van der Waals surface area contributed by atoms with Gasteiger partial charge in [-0.15, -0.1) is 6.58 Å². The van der Waals surface area contributed by atoms with Crippen LogP contribution in [-0.2, 0) is 11.3 Å². The molecule has 86 valence electrons. The molecule has 0 radical (unpaired) electrons. The minimum Gasteiger partial charge on any atom is -0.480 e. The van der Waals surface area contributed by atoms with Gasteiger partial charge < -0.3 is 5.11 Å². The molecule has 0 fully saturated rings. The molecule has 0 saturated heterocycles. The average molecular weight is 220 g/mol. The number of carboxylic acid groups (broad SMARTS) is 1. The normalized spacial score (nSPS) is 10.4. The van der Waals surface area contributed by atoms with E-state index < -0.39 is 5.97 Å². The molecule has 1 N–H and O–H groups in total. The molecule has 4 heteroatoms. The second-order valence-corrected chi connectivity index (χ2v) is 3.62. The summed E-state index contributed by atoms with van der Waals surface area (Å²) in [4.78, 5) is 16.7. The predicted octanol–water partition coefficient (Wildman–Crippen LogP) is 1.46. The summed E-state index contributed by atoms with van der Waals surface area (Å²) in [6.07, 6.45) is 3.41. The number of aliphatic carboxylic acids is 1. The van der Waals surface area contributed by atoms with Crippen molar-refractivity contribution in [3.63, 3.8) is 0 Å². The van der Waals surface area contributed by atoms with E-state index in [0.29, 0.717) is 13.1 Å². The Morgan fingerprint density at radius 3 is 3.00 bits per heavy atom. The van der Waals surface area contributed by atoms with Crippen LogP contribution in [0.1, 0.15) is 11.3 Å². The van der Waals surface area contributed by atoms with Crippen LogP contribution in [0.25, 0.3) is 0 Å². The van der Waals surface area contributed by atoms with Gasteiger partial charge in [-0.05, 0) is 18.6 Å². The Labute approximate surface area is 95.2 Å². The molecule has 16 heavy (non-hydrogen) atoms. The number of nitrogens with zero attached hydrogens (tertiary/aromatic N) is 2. The Morgan fingerprint density at radius 1 is 1.69 bits per heavy atom. The Kier molecular flexibility index (Phi) is 4.66. The first-order chi connectivity index (χ1) is 7.63. The summed E-state index contributed by atoms with van der Waals surface area (Å²) in [6, 6.07) is 3.84. The van der Waals surface area contributed by atoms with Crippen molar-refractivity contribution in [3.05, 3.63) is 42.2 Å². The smallest absolute Gasteiger partial charge is 0.317 e. The fourth-order valence-corrected chi connectivity index (χ4v) is 1.45. The van der Waals surface area contributed by atoms with E-state index in [1.807, 2.05) is 19.1 Å². The van der Waals surface area contributed by atoms with Gasteiger partial charge in [0.2, 0.25) is 0 Å².